The molecule has 36 heavy (non-hydrogen) atoms. The van der Waals surface area contributed by atoms with Gasteiger partial charge in [0.2, 0.25) is 5.79 Å². The van der Waals surface area contributed by atoms with E-state index in [4.69, 9.17) is 25.2 Å². The van der Waals surface area contributed by atoms with Crippen molar-refractivity contribution in [3.05, 3.63) is 53.1 Å². The maximum atomic E-state index is 6.87. The highest BCUT2D eigenvalue weighted by Crippen LogP contribution is 2.39. The van der Waals surface area contributed by atoms with E-state index in [0.717, 1.165) is 52.0 Å². The van der Waals surface area contributed by atoms with E-state index in [0.29, 0.717) is 18.9 Å². The molecule has 1 unspecified atom stereocenters. The SMILES string of the molecule is COCCn1c(-c2ccc(C3(N)N=Cc4cc(C)nc(NCC(C)(C)C)c4N3)c(OC)c2)cnc1C. The van der Waals surface area contributed by atoms with Crippen LogP contribution in [0, 0.1) is 19.3 Å². The number of nitrogens with two attached hydrogens (primary N) is 1. The van der Waals surface area contributed by atoms with Crippen molar-refractivity contribution in [2.75, 3.05) is 38.0 Å². The third-order valence-corrected chi connectivity index (χ3v) is 6.17. The molecule has 9 heteroatoms. The number of benzene rings is 1. The molecule has 1 aliphatic rings. The van der Waals surface area contributed by atoms with Gasteiger partial charge in [-0.15, -0.1) is 0 Å². The Morgan fingerprint density at radius 2 is 1.94 bits per heavy atom. The Kier molecular flexibility index (Phi) is 7.06. The quantitative estimate of drug-likeness (QED) is 0.431. The molecule has 4 rings (SSSR count). The Hall–Kier alpha value is -3.43. The molecular weight excluding hydrogens is 454 g/mol. The van der Waals surface area contributed by atoms with Crippen molar-refractivity contribution in [3.63, 3.8) is 0 Å². The highest BCUT2D eigenvalue weighted by atomic mass is 16.5. The third kappa shape index (κ3) is 5.22. The first-order chi connectivity index (χ1) is 17.0. The zero-order valence-electron chi connectivity index (χ0n) is 22.3. The summed E-state index contributed by atoms with van der Waals surface area (Å²) < 4.78 is 13.2. The van der Waals surface area contributed by atoms with E-state index < -0.39 is 5.79 Å². The topological polar surface area (TPSA) is 112 Å². The predicted octanol–water partition coefficient (Wildman–Crippen LogP) is 4.29. The second-order valence-electron chi connectivity index (χ2n) is 10.4. The van der Waals surface area contributed by atoms with Crippen LogP contribution in [-0.2, 0) is 17.1 Å². The van der Waals surface area contributed by atoms with Crippen LogP contribution in [0.1, 0.15) is 43.4 Å². The van der Waals surface area contributed by atoms with E-state index >= 15 is 0 Å². The first-order valence-corrected chi connectivity index (χ1v) is 12.1. The van der Waals surface area contributed by atoms with Gasteiger partial charge in [-0.3, -0.25) is 5.73 Å². The van der Waals surface area contributed by atoms with Gasteiger partial charge < -0.3 is 24.7 Å². The molecule has 0 amide bonds. The molecule has 4 N–H and O–H groups in total. The molecule has 3 aromatic rings. The monoisotopic (exact) mass is 491 g/mol. The fourth-order valence-electron chi connectivity index (χ4n) is 4.27. The van der Waals surface area contributed by atoms with E-state index in [-0.39, 0.29) is 5.41 Å². The zero-order chi connectivity index (χ0) is 26.1. The molecule has 9 nitrogen and oxygen atoms in total. The van der Waals surface area contributed by atoms with E-state index in [2.05, 4.69) is 41.0 Å². The average Bonchev–Trinajstić information content (AvgIpc) is 3.20. The average molecular weight is 492 g/mol. The van der Waals surface area contributed by atoms with Gasteiger partial charge in [0.25, 0.3) is 0 Å². The number of anilines is 2. The summed E-state index contributed by atoms with van der Waals surface area (Å²) >= 11 is 0. The van der Waals surface area contributed by atoms with Crippen LogP contribution in [-0.4, -0.2) is 48.1 Å². The molecule has 0 saturated carbocycles. The summed E-state index contributed by atoms with van der Waals surface area (Å²) in [5.74, 6) is 1.09. The van der Waals surface area contributed by atoms with Crippen LogP contribution in [0.15, 0.2) is 35.5 Å². The number of hydrogen-bond donors (Lipinski definition) is 3. The van der Waals surface area contributed by atoms with E-state index in [1.165, 1.54) is 0 Å². The van der Waals surface area contributed by atoms with Crippen molar-refractivity contribution < 1.29 is 9.47 Å². The number of aliphatic imine (C=N–C) groups is 1. The second kappa shape index (κ2) is 9.91. The number of aromatic nitrogens is 3. The van der Waals surface area contributed by atoms with Crippen molar-refractivity contribution in [2.45, 2.75) is 47.0 Å². The predicted molar refractivity (Wildman–Crippen MR) is 145 cm³/mol. The smallest absolute Gasteiger partial charge is 0.212 e. The number of aryl methyl sites for hydroxylation is 2. The first-order valence-electron chi connectivity index (χ1n) is 12.1. The van der Waals surface area contributed by atoms with Gasteiger partial charge in [-0.05, 0) is 37.5 Å². The van der Waals surface area contributed by atoms with Crippen LogP contribution in [0.5, 0.6) is 5.75 Å². The van der Waals surface area contributed by atoms with Gasteiger partial charge in [0.05, 0.1) is 36.9 Å². The molecule has 1 atom stereocenters. The normalized spacial score (nSPS) is 17.0. The second-order valence-corrected chi connectivity index (χ2v) is 10.4. The van der Waals surface area contributed by atoms with Gasteiger partial charge >= 0.3 is 0 Å². The number of rotatable bonds is 8. The molecule has 192 valence electrons. The Bertz CT molecular complexity index is 1280. The number of hydrogen-bond acceptors (Lipinski definition) is 8. The van der Waals surface area contributed by atoms with Crippen LogP contribution < -0.4 is 21.1 Å². The lowest BCUT2D eigenvalue weighted by molar-refractivity contribution is 0.187. The summed E-state index contributed by atoms with van der Waals surface area (Å²) in [7, 11) is 3.34. The molecule has 0 spiro atoms. The van der Waals surface area contributed by atoms with Gasteiger partial charge in [-0.1, -0.05) is 26.8 Å². The Morgan fingerprint density at radius 1 is 1.17 bits per heavy atom. The van der Waals surface area contributed by atoms with Gasteiger partial charge in [0, 0.05) is 43.2 Å². The van der Waals surface area contributed by atoms with E-state index in [1.54, 1.807) is 20.4 Å². The lowest BCUT2D eigenvalue weighted by Crippen LogP contribution is -2.45. The minimum Gasteiger partial charge on any atom is -0.496 e. The fourth-order valence-corrected chi connectivity index (χ4v) is 4.27. The minimum absolute atomic E-state index is 0.0913. The van der Waals surface area contributed by atoms with E-state index in [1.807, 2.05) is 44.3 Å². The standard InChI is InChI=1S/C27H37N7O2/c1-17-12-20-14-31-27(28,33-24(20)25(32-17)30-16-26(3,4)5)21-9-8-19(13-23(21)36-7)22-15-29-18(2)34(22)10-11-35-6/h8-9,12-15,33H,10-11,16,28H2,1-7H3,(H,30,32). The first kappa shape index (κ1) is 25.7. The summed E-state index contributed by atoms with van der Waals surface area (Å²) in [5.41, 5.74) is 12.3. The number of nitrogens with one attached hydrogen (secondary N) is 2. The van der Waals surface area contributed by atoms with Gasteiger partial charge in [-0.2, -0.15) is 0 Å². The van der Waals surface area contributed by atoms with Crippen LogP contribution >= 0.6 is 0 Å². The number of imidazole rings is 1. The van der Waals surface area contributed by atoms with Crippen LogP contribution in [0.4, 0.5) is 11.5 Å². The summed E-state index contributed by atoms with van der Waals surface area (Å²) in [4.78, 5) is 13.9. The molecule has 3 heterocycles. The number of nitrogens with zero attached hydrogens (tertiary/aromatic N) is 4. The van der Waals surface area contributed by atoms with Crippen molar-refractivity contribution in [3.8, 4) is 17.0 Å². The molecule has 2 aromatic heterocycles. The molecule has 1 aromatic carbocycles. The summed E-state index contributed by atoms with van der Waals surface area (Å²) in [6, 6.07) is 7.95. The number of pyridine rings is 1. The maximum Gasteiger partial charge on any atom is 0.212 e. The van der Waals surface area contributed by atoms with Gasteiger partial charge in [-0.25, -0.2) is 15.0 Å². The zero-order valence-corrected chi connectivity index (χ0v) is 22.3. The Balaban J connectivity index is 1.70. The number of methoxy groups -OCH3 is 2. The van der Waals surface area contributed by atoms with Crippen molar-refractivity contribution in [2.24, 2.45) is 16.1 Å². The Labute approximate surface area is 213 Å². The van der Waals surface area contributed by atoms with Crippen molar-refractivity contribution in [1.29, 1.82) is 0 Å². The number of fused-ring (bicyclic) bond motifs is 1. The maximum absolute atomic E-state index is 6.87. The minimum atomic E-state index is -1.22. The van der Waals surface area contributed by atoms with Crippen molar-refractivity contribution in [1.82, 2.24) is 14.5 Å². The van der Waals surface area contributed by atoms with Crippen LogP contribution in [0.25, 0.3) is 11.3 Å². The third-order valence-electron chi connectivity index (χ3n) is 6.17. The molecule has 1 aliphatic heterocycles. The largest absolute Gasteiger partial charge is 0.496 e. The summed E-state index contributed by atoms with van der Waals surface area (Å²) in [6.07, 6.45) is 3.67. The van der Waals surface area contributed by atoms with Crippen LogP contribution in [0.3, 0.4) is 0 Å². The lowest BCUT2D eigenvalue weighted by Gasteiger charge is -2.34. The summed E-state index contributed by atoms with van der Waals surface area (Å²) in [6.45, 7) is 12.6. The van der Waals surface area contributed by atoms with Gasteiger partial charge in [0.1, 0.15) is 11.6 Å². The van der Waals surface area contributed by atoms with Gasteiger partial charge in [0.15, 0.2) is 5.82 Å². The molecule has 0 aliphatic carbocycles. The highest BCUT2D eigenvalue weighted by molar-refractivity contribution is 5.94. The lowest BCUT2D eigenvalue weighted by atomic mass is 9.97. The summed E-state index contributed by atoms with van der Waals surface area (Å²) in [5, 5.41) is 6.93. The Morgan fingerprint density at radius 3 is 2.64 bits per heavy atom. The molecular formula is C27H37N7O2. The molecule has 0 fully saturated rings. The van der Waals surface area contributed by atoms with Crippen molar-refractivity contribution >= 4 is 17.7 Å². The molecule has 0 bridgehead atoms. The molecule has 0 saturated heterocycles. The van der Waals surface area contributed by atoms with Crippen LogP contribution in [0.2, 0.25) is 0 Å². The number of ether oxygens (including phenoxy) is 2. The fraction of sp³-hybridized carbons (Fsp3) is 0.444. The van der Waals surface area contributed by atoms with E-state index in [9.17, 15) is 0 Å². The molecule has 0 radical (unpaired) electrons. The highest BCUT2D eigenvalue weighted by Gasteiger charge is 2.34.